The maximum atomic E-state index is 11.8. The second-order valence-electron chi connectivity index (χ2n) is 4.31. The second kappa shape index (κ2) is 6.62. The Morgan fingerprint density at radius 2 is 1.75 bits per heavy atom. The van der Waals surface area contributed by atoms with Gasteiger partial charge < -0.3 is 16.4 Å². The van der Waals surface area contributed by atoms with Crippen molar-refractivity contribution in [2.24, 2.45) is 5.73 Å². The van der Waals surface area contributed by atoms with Crippen LogP contribution in [0.25, 0.3) is 0 Å². The Balaban J connectivity index is 2.61. The van der Waals surface area contributed by atoms with Gasteiger partial charge in [0.05, 0.1) is 11.0 Å². The van der Waals surface area contributed by atoms with Gasteiger partial charge in [0.25, 0.3) is 5.69 Å². The van der Waals surface area contributed by atoms with E-state index in [2.05, 4.69) is 10.6 Å². The number of nitrogens with two attached hydrogens (primary N) is 1. The molecule has 0 spiro atoms. The smallest absolute Gasteiger partial charge is 0.269 e. The molecular weight excluding hydrogens is 264 g/mol. The van der Waals surface area contributed by atoms with E-state index in [1.807, 2.05) is 0 Å². The number of benzene rings is 1. The standard InChI is InChI=1S/C12H16N4O4/c1-7(13)11(17)14-8(2)12(18)15-9-3-5-10(6-4-9)16(19)20/h3-8H,13H2,1-2H3,(H,14,17)(H,15,18)/t7-,8-/m0/s1. The first kappa shape index (κ1) is 15.6. The molecule has 0 radical (unpaired) electrons. The summed E-state index contributed by atoms with van der Waals surface area (Å²) in [6.45, 7) is 3.03. The molecule has 2 amide bonds. The maximum absolute atomic E-state index is 11.8. The fourth-order valence-corrected chi connectivity index (χ4v) is 1.33. The molecule has 4 N–H and O–H groups in total. The molecule has 2 atom stereocenters. The van der Waals surface area contributed by atoms with E-state index >= 15 is 0 Å². The summed E-state index contributed by atoms with van der Waals surface area (Å²) in [5.41, 5.74) is 5.71. The Bertz CT molecular complexity index is 513. The predicted molar refractivity (Wildman–Crippen MR) is 73.0 cm³/mol. The summed E-state index contributed by atoms with van der Waals surface area (Å²) >= 11 is 0. The highest BCUT2D eigenvalue weighted by Gasteiger charge is 2.17. The number of non-ortho nitro benzene ring substituents is 1. The van der Waals surface area contributed by atoms with Crippen molar-refractivity contribution in [2.45, 2.75) is 25.9 Å². The van der Waals surface area contributed by atoms with Gasteiger partial charge in [-0.25, -0.2) is 0 Å². The summed E-state index contributed by atoms with van der Waals surface area (Å²) in [4.78, 5) is 33.1. The van der Waals surface area contributed by atoms with Crippen molar-refractivity contribution in [3.8, 4) is 0 Å². The van der Waals surface area contributed by atoms with Crippen LogP contribution in [-0.4, -0.2) is 28.8 Å². The number of hydrogen-bond donors (Lipinski definition) is 3. The molecule has 1 aromatic rings. The third-order valence-electron chi connectivity index (χ3n) is 2.51. The Morgan fingerprint density at radius 3 is 2.20 bits per heavy atom. The minimum atomic E-state index is -0.760. The second-order valence-corrected chi connectivity index (χ2v) is 4.31. The van der Waals surface area contributed by atoms with E-state index in [4.69, 9.17) is 5.73 Å². The third-order valence-corrected chi connectivity index (χ3v) is 2.51. The Kier molecular flexibility index (Phi) is 5.15. The van der Waals surface area contributed by atoms with E-state index in [1.165, 1.54) is 38.1 Å². The van der Waals surface area contributed by atoms with E-state index in [0.717, 1.165) is 0 Å². The number of anilines is 1. The van der Waals surface area contributed by atoms with Gasteiger partial charge in [-0.1, -0.05) is 0 Å². The van der Waals surface area contributed by atoms with Crippen LogP contribution >= 0.6 is 0 Å². The molecular formula is C12H16N4O4. The fraction of sp³-hybridized carbons (Fsp3) is 0.333. The molecule has 0 aliphatic carbocycles. The number of hydrogen-bond acceptors (Lipinski definition) is 5. The summed E-state index contributed by atoms with van der Waals surface area (Å²) in [7, 11) is 0. The highest BCUT2D eigenvalue weighted by atomic mass is 16.6. The highest BCUT2D eigenvalue weighted by Crippen LogP contribution is 2.15. The first-order valence-corrected chi connectivity index (χ1v) is 5.92. The molecule has 0 saturated carbocycles. The first-order valence-electron chi connectivity index (χ1n) is 5.92. The quantitative estimate of drug-likeness (QED) is 0.531. The zero-order chi connectivity index (χ0) is 15.3. The molecule has 108 valence electrons. The molecule has 0 saturated heterocycles. The van der Waals surface area contributed by atoms with Gasteiger partial charge in [0.2, 0.25) is 11.8 Å². The summed E-state index contributed by atoms with van der Waals surface area (Å²) in [5, 5.41) is 15.5. The molecule has 0 fully saturated rings. The lowest BCUT2D eigenvalue weighted by molar-refractivity contribution is -0.384. The van der Waals surface area contributed by atoms with Crippen LogP contribution in [0.15, 0.2) is 24.3 Å². The number of nitrogens with zero attached hydrogens (tertiary/aromatic N) is 1. The van der Waals surface area contributed by atoms with Gasteiger partial charge in [0.1, 0.15) is 6.04 Å². The van der Waals surface area contributed by atoms with Crippen LogP contribution in [0.1, 0.15) is 13.8 Å². The molecule has 0 unspecified atom stereocenters. The van der Waals surface area contributed by atoms with Crippen molar-refractivity contribution >= 4 is 23.2 Å². The van der Waals surface area contributed by atoms with Crippen molar-refractivity contribution in [1.82, 2.24) is 5.32 Å². The van der Waals surface area contributed by atoms with E-state index < -0.39 is 28.8 Å². The zero-order valence-electron chi connectivity index (χ0n) is 11.1. The largest absolute Gasteiger partial charge is 0.343 e. The maximum Gasteiger partial charge on any atom is 0.269 e. The van der Waals surface area contributed by atoms with Gasteiger partial charge >= 0.3 is 0 Å². The summed E-state index contributed by atoms with van der Waals surface area (Å²) in [6, 6.07) is 3.92. The molecule has 0 bridgehead atoms. The van der Waals surface area contributed by atoms with Crippen LogP contribution in [0.4, 0.5) is 11.4 Å². The average molecular weight is 280 g/mol. The van der Waals surface area contributed by atoms with Crippen molar-refractivity contribution in [1.29, 1.82) is 0 Å². The van der Waals surface area contributed by atoms with E-state index in [0.29, 0.717) is 5.69 Å². The van der Waals surface area contributed by atoms with E-state index in [9.17, 15) is 19.7 Å². The zero-order valence-corrected chi connectivity index (χ0v) is 11.1. The normalized spacial score (nSPS) is 13.2. The van der Waals surface area contributed by atoms with Crippen molar-refractivity contribution < 1.29 is 14.5 Å². The molecule has 0 aliphatic rings. The SMILES string of the molecule is C[C@H](N)C(=O)N[C@@H](C)C(=O)Nc1ccc([N+](=O)[O-])cc1. The van der Waals surface area contributed by atoms with Crippen LogP contribution < -0.4 is 16.4 Å². The van der Waals surface area contributed by atoms with Gasteiger partial charge in [-0.2, -0.15) is 0 Å². The fourth-order valence-electron chi connectivity index (χ4n) is 1.33. The lowest BCUT2D eigenvalue weighted by Crippen LogP contribution is -2.47. The van der Waals surface area contributed by atoms with Crippen LogP contribution in [0.2, 0.25) is 0 Å². The molecule has 0 heterocycles. The number of carbonyl (C=O) groups is 2. The third kappa shape index (κ3) is 4.32. The van der Waals surface area contributed by atoms with Gasteiger partial charge in [-0.05, 0) is 26.0 Å². The Hall–Kier alpha value is -2.48. The minimum absolute atomic E-state index is 0.0682. The van der Waals surface area contributed by atoms with Gasteiger partial charge in [-0.3, -0.25) is 19.7 Å². The summed E-state index contributed by atoms with van der Waals surface area (Å²) in [5.74, 6) is -0.871. The number of nitrogens with one attached hydrogen (secondary N) is 2. The molecule has 1 rings (SSSR count). The topological polar surface area (TPSA) is 127 Å². The van der Waals surface area contributed by atoms with Gasteiger partial charge in [0, 0.05) is 17.8 Å². The average Bonchev–Trinajstić information content (AvgIpc) is 2.38. The van der Waals surface area contributed by atoms with E-state index in [-0.39, 0.29) is 5.69 Å². The molecule has 0 aromatic heterocycles. The minimum Gasteiger partial charge on any atom is -0.343 e. The molecule has 1 aromatic carbocycles. The predicted octanol–water partition coefficient (Wildman–Crippen LogP) is 0.385. The number of rotatable bonds is 5. The summed E-state index contributed by atoms with van der Waals surface area (Å²) < 4.78 is 0. The van der Waals surface area contributed by atoms with Crippen molar-refractivity contribution in [2.75, 3.05) is 5.32 Å². The molecule has 20 heavy (non-hydrogen) atoms. The lowest BCUT2D eigenvalue weighted by atomic mass is 10.2. The Morgan fingerprint density at radius 1 is 1.20 bits per heavy atom. The van der Waals surface area contributed by atoms with E-state index in [1.54, 1.807) is 0 Å². The number of amides is 2. The first-order chi connectivity index (χ1) is 9.31. The molecule has 8 heteroatoms. The lowest BCUT2D eigenvalue weighted by Gasteiger charge is -2.15. The van der Waals surface area contributed by atoms with Gasteiger partial charge in [-0.15, -0.1) is 0 Å². The number of nitro benzene ring substituents is 1. The van der Waals surface area contributed by atoms with Crippen LogP contribution in [0.3, 0.4) is 0 Å². The van der Waals surface area contributed by atoms with Crippen molar-refractivity contribution in [3.63, 3.8) is 0 Å². The van der Waals surface area contributed by atoms with Crippen LogP contribution in [0.5, 0.6) is 0 Å². The molecule has 0 aliphatic heterocycles. The Labute approximate surface area is 115 Å². The van der Waals surface area contributed by atoms with Crippen molar-refractivity contribution in [3.05, 3.63) is 34.4 Å². The summed E-state index contributed by atoms with van der Waals surface area (Å²) in [6.07, 6.45) is 0. The number of nitro groups is 1. The molecule has 8 nitrogen and oxygen atoms in total. The highest BCUT2D eigenvalue weighted by molar-refractivity contribution is 5.97. The van der Waals surface area contributed by atoms with Crippen LogP contribution in [-0.2, 0) is 9.59 Å². The monoisotopic (exact) mass is 280 g/mol. The van der Waals surface area contributed by atoms with Crippen LogP contribution in [0, 0.1) is 10.1 Å². The number of carbonyl (C=O) groups excluding carboxylic acids is 2. The van der Waals surface area contributed by atoms with Gasteiger partial charge in [0.15, 0.2) is 0 Å².